The first-order valence-electron chi connectivity index (χ1n) is 9.81. The predicted molar refractivity (Wildman–Crippen MR) is 104 cm³/mol. The minimum atomic E-state index is -0.921. The van der Waals surface area contributed by atoms with Gasteiger partial charge in [0.05, 0.1) is 18.5 Å². The van der Waals surface area contributed by atoms with Crippen LogP contribution in [-0.4, -0.2) is 62.3 Å². The fourth-order valence-corrected chi connectivity index (χ4v) is 4.24. The van der Waals surface area contributed by atoms with E-state index in [0.29, 0.717) is 0 Å². The minimum absolute atomic E-state index is 0.0566. The number of nitrogens with one attached hydrogen (secondary N) is 5. The Morgan fingerprint density at radius 1 is 0.586 bits per heavy atom. The van der Waals surface area contributed by atoms with Crippen LogP contribution in [0.1, 0.15) is 40.5 Å². The van der Waals surface area contributed by atoms with Gasteiger partial charge in [0.25, 0.3) is 0 Å². The molecule has 1 saturated carbocycles. The van der Waals surface area contributed by atoms with Gasteiger partial charge in [0.15, 0.2) is 0 Å². The molecule has 0 aromatic heterocycles. The minimum Gasteiger partial charge on any atom is -0.354 e. The standard InChI is InChI=1S/C19H31N5O5/c1-17(2)18(3,4)19(17)9-13(26)23-11-15(28)24-10-14(27)20-6-5-12(25)21-7-8-22-16(19)29/h5-11H2,1-4H3,(H,20,27)(H,21,25)(H,22,29)(H,23,26)(H,24,28). The van der Waals surface area contributed by atoms with Gasteiger partial charge < -0.3 is 26.6 Å². The van der Waals surface area contributed by atoms with Gasteiger partial charge in [-0.2, -0.15) is 0 Å². The fourth-order valence-electron chi connectivity index (χ4n) is 4.24. The molecule has 1 heterocycles. The van der Waals surface area contributed by atoms with Crippen molar-refractivity contribution in [3.8, 4) is 0 Å². The molecule has 1 spiro atoms. The summed E-state index contributed by atoms with van der Waals surface area (Å²) >= 11 is 0. The summed E-state index contributed by atoms with van der Waals surface area (Å²) in [6, 6.07) is 0. The Balaban J connectivity index is 2.12. The first-order valence-corrected chi connectivity index (χ1v) is 9.81. The van der Waals surface area contributed by atoms with Crippen LogP contribution in [0, 0.1) is 16.2 Å². The third-order valence-corrected chi connectivity index (χ3v) is 6.75. The molecule has 0 aromatic carbocycles. The lowest BCUT2D eigenvalue weighted by atomic mass is 9.89. The van der Waals surface area contributed by atoms with E-state index in [1.54, 1.807) is 0 Å². The van der Waals surface area contributed by atoms with E-state index in [1.165, 1.54) is 0 Å². The first-order chi connectivity index (χ1) is 13.5. The van der Waals surface area contributed by atoms with E-state index in [4.69, 9.17) is 0 Å². The first kappa shape index (κ1) is 22.6. The third kappa shape index (κ3) is 4.35. The van der Waals surface area contributed by atoms with Crippen molar-refractivity contribution in [3.63, 3.8) is 0 Å². The summed E-state index contributed by atoms with van der Waals surface area (Å²) in [7, 11) is 0. The second-order valence-corrected chi connectivity index (χ2v) is 8.59. The third-order valence-electron chi connectivity index (χ3n) is 6.75. The summed E-state index contributed by atoms with van der Waals surface area (Å²) in [6.45, 7) is 7.85. The molecule has 0 atom stereocenters. The molecule has 0 bridgehead atoms. The summed E-state index contributed by atoms with van der Waals surface area (Å²) in [5, 5.41) is 12.9. The lowest BCUT2D eigenvalue weighted by Crippen LogP contribution is -2.46. The Bertz CT molecular complexity index is 702. The van der Waals surface area contributed by atoms with Gasteiger partial charge in [0.1, 0.15) is 0 Å². The number of hydrogen-bond donors (Lipinski definition) is 5. The smallest absolute Gasteiger partial charge is 0.239 e. The van der Waals surface area contributed by atoms with Gasteiger partial charge in [-0.05, 0) is 10.8 Å². The largest absolute Gasteiger partial charge is 0.354 e. The van der Waals surface area contributed by atoms with E-state index in [9.17, 15) is 24.0 Å². The van der Waals surface area contributed by atoms with Crippen molar-refractivity contribution in [2.24, 2.45) is 16.2 Å². The van der Waals surface area contributed by atoms with Gasteiger partial charge >= 0.3 is 0 Å². The molecule has 2 fully saturated rings. The van der Waals surface area contributed by atoms with Crippen molar-refractivity contribution in [2.75, 3.05) is 32.7 Å². The summed E-state index contributed by atoms with van der Waals surface area (Å²) < 4.78 is 0. The monoisotopic (exact) mass is 409 g/mol. The van der Waals surface area contributed by atoms with Crippen molar-refractivity contribution < 1.29 is 24.0 Å². The molecule has 10 heteroatoms. The van der Waals surface area contributed by atoms with Crippen molar-refractivity contribution >= 4 is 29.5 Å². The van der Waals surface area contributed by atoms with Crippen LogP contribution in [0.25, 0.3) is 0 Å². The van der Waals surface area contributed by atoms with Crippen LogP contribution in [0.2, 0.25) is 0 Å². The lowest BCUT2D eigenvalue weighted by molar-refractivity contribution is -0.134. The molecule has 162 valence electrons. The Morgan fingerprint density at radius 2 is 1.07 bits per heavy atom. The zero-order valence-electron chi connectivity index (χ0n) is 17.5. The van der Waals surface area contributed by atoms with Crippen LogP contribution < -0.4 is 26.6 Å². The van der Waals surface area contributed by atoms with Crippen LogP contribution in [0.15, 0.2) is 0 Å². The summed E-state index contributed by atoms with van der Waals surface area (Å²) in [5.41, 5.74) is -1.77. The second kappa shape index (κ2) is 8.38. The zero-order chi connectivity index (χ0) is 21.9. The normalized spacial score (nSPS) is 25.4. The lowest BCUT2D eigenvalue weighted by Gasteiger charge is -2.21. The molecule has 5 amide bonds. The van der Waals surface area contributed by atoms with E-state index in [0.717, 1.165) is 0 Å². The maximum Gasteiger partial charge on any atom is 0.239 e. The molecular formula is C19H31N5O5. The number of carbonyl (C=O) groups is 5. The Hall–Kier alpha value is -2.65. The SMILES string of the molecule is CC1(C)C(C)(C)C12CC(=O)NCC(=O)NCC(=O)NCCC(=O)NCCNC2=O. The molecule has 1 aliphatic heterocycles. The number of rotatable bonds is 0. The molecule has 2 rings (SSSR count). The Morgan fingerprint density at radius 3 is 1.66 bits per heavy atom. The summed E-state index contributed by atoms with van der Waals surface area (Å²) in [4.78, 5) is 60.9. The van der Waals surface area contributed by atoms with Crippen LogP contribution in [0.3, 0.4) is 0 Å². The summed E-state index contributed by atoms with van der Waals surface area (Å²) in [5.74, 6) is -1.85. The average molecular weight is 409 g/mol. The highest BCUT2D eigenvalue weighted by Gasteiger charge is 2.80. The van der Waals surface area contributed by atoms with Gasteiger partial charge in [-0.25, -0.2) is 0 Å². The molecule has 0 unspecified atom stereocenters. The van der Waals surface area contributed by atoms with Gasteiger partial charge in [-0.3, -0.25) is 24.0 Å². The highest BCUT2D eigenvalue weighted by Crippen LogP contribution is 2.79. The number of hydrogen-bond acceptors (Lipinski definition) is 5. The maximum absolute atomic E-state index is 13.0. The number of amides is 5. The van der Waals surface area contributed by atoms with E-state index >= 15 is 0 Å². The summed E-state index contributed by atoms with van der Waals surface area (Å²) in [6.07, 6.45) is 0.0344. The predicted octanol–water partition coefficient (Wildman–Crippen LogP) is -1.59. The molecule has 0 aromatic rings. The van der Waals surface area contributed by atoms with Crippen molar-refractivity contribution in [3.05, 3.63) is 0 Å². The molecule has 29 heavy (non-hydrogen) atoms. The van der Waals surface area contributed by atoms with Gasteiger partial charge in [-0.1, -0.05) is 27.7 Å². The molecular weight excluding hydrogens is 378 g/mol. The second-order valence-electron chi connectivity index (χ2n) is 8.59. The van der Waals surface area contributed by atoms with Gasteiger partial charge in [0, 0.05) is 32.5 Å². The molecule has 0 radical (unpaired) electrons. The quantitative estimate of drug-likeness (QED) is 0.328. The van der Waals surface area contributed by atoms with E-state index < -0.39 is 34.0 Å². The average Bonchev–Trinajstić information content (AvgIpc) is 2.99. The molecule has 5 N–H and O–H groups in total. The van der Waals surface area contributed by atoms with Crippen LogP contribution in [0.5, 0.6) is 0 Å². The van der Waals surface area contributed by atoms with Crippen molar-refractivity contribution in [2.45, 2.75) is 40.5 Å². The van der Waals surface area contributed by atoms with E-state index in [2.05, 4.69) is 26.6 Å². The van der Waals surface area contributed by atoms with Gasteiger partial charge in [-0.15, -0.1) is 0 Å². The van der Waals surface area contributed by atoms with E-state index in [-0.39, 0.29) is 57.4 Å². The molecule has 1 saturated heterocycles. The fraction of sp³-hybridized carbons (Fsp3) is 0.737. The van der Waals surface area contributed by atoms with Crippen molar-refractivity contribution in [1.29, 1.82) is 0 Å². The van der Waals surface area contributed by atoms with Gasteiger partial charge in [0.2, 0.25) is 29.5 Å². The van der Waals surface area contributed by atoms with E-state index in [1.807, 2.05) is 27.7 Å². The van der Waals surface area contributed by atoms with Crippen molar-refractivity contribution in [1.82, 2.24) is 26.6 Å². The molecule has 1 aliphatic carbocycles. The highest BCUT2D eigenvalue weighted by atomic mass is 16.2. The topological polar surface area (TPSA) is 146 Å². The maximum atomic E-state index is 13.0. The zero-order valence-corrected chi connectivity index (χ0v) is 17.5. The molecule has 10 nitrogen and oxygen atoms in total. The van der Waals surface area contributed by atoms with Crippen LogP contribution >= 0.6 is 0 Å². The molecule has 2 aliphatic rings. The van der Waals surface area contributed by atoms with Crippen LogP contribution in [-0.2, 0) is 24.0 Å². The van der Waals surface area contributed by atoms with Crippen LogP contribution in [0.4, 0.5) is 0 Å². The highest BCUT2D eigenvalue weighted by molar-refractivity contribution is 5.95. The Kier molecular flexibility index (Phi) is 6.54. The Labute approximate surface area is 170 Å². The number of carbonyl (C=O) groups excluding carboxylic acids is 5.